The van der Waals surface area contributed by atoms with Gasteiger partial charge in [0.15, 0.2) is 12.4 Å². The van der Waals surface area contributed by atoms with E-state index in [1.54, 1.807) is 24.3 Å². The molecule has 2 aromatic carbocycles. The first-order valence-corrected chi connectivity index (χ1v) is 6.84. The van der Waals surface area contributed by atoms with E-state index in [1.807, 2.05) is 26.8 Å². The van der Waals surface area contributed by atoms with Gasteiger partial charge in [0.2, 0.25) is 0 Å². The van der Waals surface area contributed by atoms with Gasteiger partial charge in [0.1, 0.15) is 5.75 Å². The van der Waals surface area contributed by atoms with Gasteiger partial charge >= 0.3 is 0 Å². The predicted octanol–water partition coefficient (Wildman–Crippen LogP) is 4.53. The van der Waals surface area contributed by atoms with Gasteiger partial charge in [-0.25, -0.2) is 0 Å². The molecule has 0 heterocycles. The van der Waals surface area contributed by atoms with Crippen molar-refractivity contribution in [2.24, 2.45) is 0 Å². The van der Waals surface area contributed by atoms with Crippen molar-refractivity contribution >= 4 is 17.4 Å². The van der Waals surface area contributed by atoms with Crippen molar-refractivity contribution in [2.45, 2.75) is 20.8 Å². The van der Waals surface area contributed by atoms with E-state index in [2.05, 4.69) is 6.07 Å². The van der Waals surface area contributed by atoms with Crippen molar-refractivity contribution in [3.63, 3.8) is 0 Å². The summed E-state index contributed by atoms with van der Waals surface area (Å²) in [4.78, 5) is 12.0. The number of benzene rings is 2. The van der Waals surface area contributed by atoms with Crippen molar-refractivity contribution in [1.29, 1.82) is 0 Å². The van der Waals surface area contributed by atoms with E-state index >= 15 is 0 Å². The van der Waals surface area contributed by atoms with Crippen LogP contribution in [0.3, 0.4) is 0 Å². The smallest absolute Gasteiger partial charge is 0.200 e. The van der Waals surface area contributed by atoms with Crippen LogP contribution in [0.15, 0.2) is 36.4 Å². The summed E-state index contributed by atoms with van der Waals surface area (Å²) in [6.07, 6.45) is 0. The van der Waals surface area contributed by atoms with Crippen LogP contribution in [-0.4, -0.2) is 12.4 Å². The Morgan fingerprint density at radius 2 is 1.75 bits per heavy atom. The van der Waals surface area contributed by atoms with Gasteiger partial charge in [-0.3, -0.25) is 4.79 Å². The summed E-state index contributed by atoms with van der Waals surface area (Å²) in [5.74, 6) is 0.713. The van der Waals surface area contributed by atoms with Crippen LogP contribution in [0.5, 0.6) is 5.75 Å². The lowest BCUT2D eigenvalue weighted by Gasteiger charge is -2.12. The van der Waals surface area contributed by atoms with Crippen molar-refractivity contribution in [3.05, 3.63) is 63.7 Å². The Morgan fingerprint density at radius 1 is 1.10 bits per heavy atom. The molecule has 0 saturated heterocycles. The Morgan fingerprint density at radius 3 is 2.40 bits per heavy atom. The van der Waals surface area contributed by atoms with Gasteiger partial charge in [-0.1, -0.05) is 17.7 Å². The van der Waals surface area contributed by atoms with Crippen LogP contribution in [0.25, 0.3) is 0 Å². The van der Waals surface area contributed by atoms with Crippen LogP contribution in [0.4, 0.5) is 0 Å². The molecule has 0 aliphatic heterocycles. The van der Waals surface area contributed by atoms with Crippen molar-refractivity contribution in [3.8, 4) is 5.75 Å². The zero-order valence-electron chi connectivity index (χ0n) is 11.9. The summed E-state index contributed by atoms with van der Waals surface area (Å²) in [6.45, 7) is 6.08. The number of rotatable bonds is 4. The molecule has 0 aliphatic carbocycles. The first kappa shape index (κ1) is 14.6. The molecule has 0 N–H and O–H groups in total. The Kier molecular flexibility index (Phi) is 4.46. The molecule has 0 radical (unpaired) electrons. The van der Waals surface area contributed by atoms with Gasteiger partial charge in [-0.05, 0) is 67.8 Å². The summed E-state index contributed by atoms with van der Waals surface area (Å²) in [7, 11) is 0. The van der Waals surface area contributed by atoms with Crippen molar-refractivity contribution < 1.29 is 9.53 Å². The van der Waals surface area contributed by atoms with Gasteiger partial charge in [-0.2, -0.15) is 0 Å². The normalized spacial score (nSPS) is 10.4. The van der Waals surface area contributed by atoms with Crippen LogP contribution in [-0.2, 0) is 0 Å². The van der Waals surface area contributed by atoms with E-state index in [4.69, 9.17) is 16.3 Å². The molecule has 3 heteroatoms. The predicted molar refractivity (Wildman–Crippen MR) is 81.9 cm³/mol. The molecule has 20 heavy (non-hydrogen) atoms. The topological polar surface area (TPSA) is 26.3 Å². The lowest BCUT2D eigenvalue weighted by Crippen LogP contribution is -2.12. The van der Waals surface area contributed by atoms with E-state index in [1.165, 1.54) is 5.56 Å². The van der Waals surface area contributed by atoms with E-state index in [9.17, 15) is 4.79 Å². The van der Waals surface area contributed by atoms with E-state index < -0.39 is 0 Å². The first-order chi connectivity index (χ1) is 9.47. The molecule has 0 saturated carbocycles. The first-order valence-electron chi connectivity index (χ1n) is 6.47. The van der Waals surface area contributed by atoms with E-state index in [-0.39, 0.29) is 12.4 Å². The summed E-state index contributed by atoms with van der Waals surface area (Å²) in [6, 6.07) is 10.9. The summed E-state index contributed by atoms with van der Waals surface area (Å²) in [5.41, 5.74) is 3.97. The summed E-state index contributed by atoms with van der Waals surface area (Å²) < 4.78 is 5.66. The average Bonchev–Trinajstić information content (AvgIpc) is 2.41. The largest absolute Gasteiger partial charge is 0.485 e. The fraction of sp³-hybridized carbons (Fsp3) is 0.235. The second-order valence-corrected chi connectivity index (χ2v) is 5.36. The number of ether oxygens (including phenoxy) is 1. The number of Topliss-reactive ketones (excluding diaryl/α,β-unsaturated/α-hetero) is 1. The van der Waals surface area contributed by atoms with Crippen molar-refractivity contribution in [2.75, 3.05) is 6.61 Å². The molecular formula is C17H17ClO2. The highest BCUT2D eigenvalue weighted by Crippen LogP contribution is 2.23. The molecule has 0 bridgehead atoms. The van der Waals surface area contributed by atoms with Gasteiger partial charge in [0.25, 0.3) is 0 Å². The Hall–Kier alpha value is -1.80. The Balaban J connectivity index is 2.09. The third-order valence-corrected chi connectivity index (χ3v) is 3.54. The zero-order valence-corrected chi connectivity index (χ0v) is 12.6. The third-order valence-electron chi connectivity index (χ3n) is 3.29. The number of carbonyl (C=O) groups excluding carboxylic acids is 1. The van der Waals surface area contributed by atoms with Crippen LogP contribution in [0.1, 0.15) is 27.0 Å². The van der Waals surface area contributed by atoms with Gasteiger partial charge in [0, 0.05) is 10.6 Å². The van der Waals surface area contributed by atoms with Gasteiger partial charge in [0.05, 0.1) is 0 Å². The number of halogens is 1. The standard InChI is InChI=1S/C17H17ClO2/c1-11-8-12(2)13(3)17(9-11)20-10-16(19)14-4-6-15(18)7-5-14/h4-9H,10H2,1-3H3. The maximum absolute atomic E-state index is 12.0. The molecule has 0 aliphatic rings. The van der Waals surface area contributed by atoms with E-state index in [0.717, 1.165) is 16.9 Å². The highest BCUT2D eigenvalue weighted by atomic mass is 35.5. The lowest BCUT2D eigenvalue weighted by atomic mass is 10.1. The monoisotopic (exact) mass is 288 g/mol. The maximum Gasteiger partial charge on any atom is 0.200 e. The molecule has 2 rings (SSSR count). The minimum absolute atomic E-state index is 0.0331. The van der Waals surface area contributed by atoms with Crippen LogP contribution in [0, 0.1) is 20.8 Å². The molecular weight excluding hydrogens is 272 g/mol. The number of ketones is 1. The molecule has 0 amide bonds. The lowest BCUT2D eigenvalue weighted by molar-refractivity contribution is 0.0921. The molecule has 2 aromatic rings. The molecule has 104 valence electrons. The highest BCUT2D eigenvalue weighted by Gasteiger charge is 2.09. The minimum atomic E-state index is -0.0553. The van der Waals surface area contributed by atoms with Crippen LogP contribution in [0.2, 0.25) is 5.02 Å². The molecule has 2 nitrogen and oxygen atoms in total. The third kappa shape index (κ3) is 3.40. The number of hydrogen-bond donors (Lipinski definition) is 0. The van der Waals surface area contributed by atoms with Crippen molar-refractivity contribution in [1.82, 2.24) is 0 Å². The Bertz CT molecular complexity index is 630. The highest BCUT2D eigenvalue weighted by molar-refractivity contribution is 6.30. The number of carbonyl (C=O) groups is 1. The minimum Gasteiger partial charge on any atom is -0.485 e. The number of hydrogen-bond acceptors (Lipinski definition) is 2. The number of aryl methyl sites for hydroxylation is 2. The van der Waals surface area contributed by atoms with Crippen LogP contribution >= 0.6 is 11.6 Å². The fourth-order valence-electron chi connectivity index (χ4n) is 2.01. The molecule has 0 fully saturated rings. The zero-order chi connectivity index (χ0) is 14.7. The molecule has 0 aromatic heterocycles. The SMILES string of the molecule is Cc1cc(C)c(C)c(OCC(=O)c2ccc(Cl)cc2)c1. The Labute approximate surface area is 124 Å². The fourth-order valence-corrected chi connectivity index (χ4v) is 2.14. The average molecular weight is 289 g/mol. The molecule has 0 unspecified atom stereocenters. The van der Waals surface area contributed by atoms with Gasteiger partial charge < -0.3 is 4.74 Å². The summed E-state index contributed by atoms with van der Waals surface area (Å²) in [5, 5.41) is 0.618. The van der Waals surface area contributed by atoms with Crippen LogP contribution < -0.4 is 4.74 Å². The second kappa shape index (κ2) is 6.10. The van der Waals surface area contributed by atoms with Gasteiger partial charge in [-0.15, -0.1) is 0 Å². The second-order valence-electron chi connectivity index (χ2n) is 4.92. The maximum atomic E-state index is 12.0. The summed E-state index contributed by atoms with van der Waals surface area (Å²) >= 11 is 5.80. The molecule has 0 atom stereocenters. The quantitative estimate of drug-likeness (QED) is 0.773. The van der Waals surface area contributed by atoms with E-state index in [0.29, 0.717) is 10.6 Å². The molecule has 0 spiro atoms.